The first-order valence-corrected chi connectivity index (χ1v) is 5.07. The van der Waals surface area contributed by atoms with Crippen molar-refractivity contribution in [2.75, 3.05) is 0 Å². The predicted molar refractivity (Wildman–Crippen MR) is 62.2 cm³/mol. The van der Waals surface area contributed by atoms with Gasteiger partial charge < -0.3 is 0 Å². The van der Waals surface area contributed by atoms with Gasteiger partial charge in [-0.3, -0.25) is 14.9 Å². The second kappa shape index (κ2) is 5.42. The van der Waals surface area contributed by atoms with E-state index >= 15 is 0 Å². The molecule has 0 aromatic heterocycles. The van der Waals surface area contributed by atoms with Gasteiger partial charge in [-0.15, -0.1) is 0 Å². The molecule has 0 saturated carbocycles. The molecule has 0 saturated heterocycles. The Balaban J connectivity index is 3.09. The van der Waals surface area contributed by atoms with E-state index in [4.69, 9.17) is 11.6 Å². The molecule has 0 N–H and O–H groups in total. The minimum atomic E-state index is -0.533. The Morgan fingerprint density at radius 1 is 1.56 bits per heavy atom. The van der Waals surface area contributed by atoms with Crippen LogP contribution in [0.3, 0.4) is 0 Å². The van der Waals surface area contributed by atoms with Crippen LogP contribution in [0.15, 0.2) is 29.8 Å². The number of halogens is 1. The Kier molecular flexibility index (Phi) is 4.19. The Morgan fingerprint density at radius 2 is 2.25 bits per heavy atom. The Bertz CT molecular complexity index is 454. The average molecular weight is 240 g/mol. The number of hydrogen-bond acceptors (Lipinski definition) is 3. The molecule has 16 heavy (non-hydrogen) atoms. The lowest BCUT2D eigenvalue weighted by Gasteiger charge is -1.98. The van der Waals surface area contributed by atoms with Gasteiger partial charge in [0.25, 0.3) is 5.69 Å². The van der Waals surface area contributed by atoms with Gasteiger partial charge in [0.1, 0.15) is 0 Å². The molecule has 0 aliphatic rings. The van der Waals surface area contributed by atoms with Gasteiger partial charge in [0.2, 0.25) is 5.24 Å². The van der Waals surface area contributed by atoms with Crippen molar-refractivity contribution in [1.29, 1.82) is 0 Å². The van der Waals surface area contributed by atoms with Gasteiger partial charge in [-0.05, 0) is 29.7 Å². The molecule has 1 aromatic rings. The second-order valence-corrected chi connectivity index (χ2v) is 3.49. The molecule has 0 heterocycles. The molecule has 4 nitrogen and oxygen atoms in total. The minimum Gasteiger partial charge on any atom is -0.276 e. The first kappa shape index (κ1) is 12.4. The third-order valence-corrected chi connectivity index (χ3v) is 2.30. The highest BCUT2D eigenvalue weighted by molar-refractivity contribution is 6.68. The van der Waals surface area contributed by atoms with Crippen LogP contribution < -0.4 is 0 Å². The van der Waals surface area contributed by atoms with Crippen LogP contribution in [0.5, 0.6) is 0 Å². The number of nitro groups is 1. The number of hydrogen-bond donors (Lipinski definition) is 0. The Morgan fingerprint density at radius 3 is 2.75 bits per heavy atom. The molecule has 0 aliphatic carbocycles. The highest BCUT2D eigenvalue weighted by Crippen LogP contribution is 2.17. The maximum atomic E-state index is 11.0. The van der Waals surface area contributed by atoms with E-state index in [0.717, 1.165) is 0 Å². The van der Waals surface area contributed by atoms with Crippen LogP contribution in [0.25, 0.3) is 6.08 Å². The quantitative estimate of drug-likeness (QED) is 0.351. The van der Waals surface area contributed by atoms with E-state index in [9.17, 15) is 14.9 Å². The molecule has 0 fully saturated rings. The zero-order valence-corrected chi connectivity index (χ0v) is 9.40. The lowest BCUT2D eigenvalue weighted by atomic mass is 10.1. The summed E-state index contributed by atoms with van der Waals surface area (Å²) < 4.78 is 0. The van der Waals surface area contributed by atoms with Gasteiger partial charge in [0.05, 0.1) is 4.92 Å². The average Bonchev–Trinajstić information content (AvgIpc) is 2.25. The van der Waals surface area contributed by atoms with Gasteiger partial charge in [-0.1, -0.05) is 19.1 Å². The topological polar surface area (TPSA) is 60.2 Å². The van der Waals surface area contributed by atoms with Crippen molar-refractivity contribution in [3.63, 3.8) is 0 Å². The number of carbonyl (C=O) groups is 1. The summed E-state index contributed by atoms with van der Waals surface area (Å²) in [5, 5.41) is 10.0. The smallest absolute Gasteiger partial charge is 0.270 e. The molecule has 0 radical (unpaired) electrons. The molecule has 84 valence electrons. The molecular formula is C11H10ClNO3. The maximum Gasteiger partial charge on any atom is 0.270 e. The first-order valence-electron chi connectivity index (χ1n) is 4.69. The van der Waals surface area contributed by atoms with Crippen molar-refractivity contribution in [3.05, 3.63) is 45.5 Å². The molecule has 0 aliphatic heterocycles. The van der Waals surface area contributed by atoms with Gasteiger partial charge in [-0.25, -0.2) is 0 Å². The summed E-state index contributed by atoms with van der Waals surface area (Å²) in [6, 6.07) is 6.04. The van der Waals surface area contributed by atoms with E-state index in [1.807, 2.05) is 0 Å². The van der Waals surface area contributed by atoms with Crippen molar-refractivity contribution in [2.24, 2.45) is 0 Å². The maximum absolute atomic E-state index is 11.0. The van der Waals surface area contributed by atoms with Crippen molar-refractivity contribution in [2.45, 2.75) is 13.3 Å². The van der Waals surface area contributed by atoms with Gasteiger partial charge in [0.15, 0.2) is 0 Å². The third kappa shape index (κ3) is 3.17. The highest BCUT2D eigenvalue weighted by atomic mass is 35.5. The molecule has 0 atom stereocenters. The summed E-state index contributed by atoms with van der Waals surface area (Å²) in [4.78, 5) is 21.0. The fourth-order valence-electron chi connectivity index (χ4n) is 1.23. The lowest BCUT2D eigenvalue weighted by molar-refractivity contribution is -0.384. The fourth-order valence-corrected chi connectivity index (χ4v) is 1.42. The summed E-state index contributed by atoms with van der Waals surface area (Å²) in [5.41, 5.74) is 1.02. The number of rotatable bonds is 4. The van der Waals surface area contributed by atoms with Crippen molar-refractivity contribution in [1.82, 2.24) is 0 Å². The van der Waals surface area contributed by atoms with Crippen LogP contribution in [-0.4, -0.2) is 10.2 Å². The Labute approximate surface area is 97.7 Å². The number of nitro benzene ring substituents is 1. The molecule has 0 unspecified atom stereocenters. The van der Waals surface area contributed by atoms with E-state index in [1.165, 1.54) is 12.1 Å². The van der Waals surface area contributed by atoms with E-state index in [-0.39, 0.29) is 5.69 Å². The highest BCUT2D eigenvalue weighted by Gasteiger charge is 2.07. The van der Waals surface area contributed by atoms with E-state index in [2.05, 4.69) is 0 Å². The second-order valence-electron chi connectivity index (χ2n) is 3.15. The van der Waals surface area contributed by atoms with E-state index in [0.29, 0.717) is 17.6 Å². The molecule has 0 bridgehead atoms. The summed E-state index contributed by atoms with van der Waals surface area (Å²) in [6.45, 7) is 1.80. The number of nitrogens with zero attached hydrogens (tertiary/aromatic N) is 1. The van der Waals surface area contributed by atoms with Crippen molar-refractivity contribution >= 4 is 28.6 Å². The van der Waals surface area contributed by atoms with E-state index < -0.39 is 10.2 Å². The number of carbonyl (C=O) groups excluding carboxylic acids is 1. The van der Waals surface area contributed by atoms with Crippen LogP contribution in [0, 0.1) is 10.1 Å². The minimum absolute atomic E-state index is 0.00813. The number of non-ortho nitro benzene ring substituents is 1. The third-order valence-electron chi connectivity index (χ3n) is 2.06. The summed E-state index contributed by atoms with van der Waals surface area (Å²) in [7, 11) is 0. The largest absolute Gasteiger partial charge is 0.276 e. The predicted octanol–water partition coefficient (Wildman–Crippen LogP) is 3.15. The standard InChI is InChI=1S/C11H10ClNO3/c1-2-9(11(12)14)6-8-4-3-5-10(7-8)13(15)16/h3-7H,2H2,1H3. The number of allylic oxidation sites excluding steroid dienone is 1. The molecule has 1 rings (SSSR count). The summed E-state index contributed by atoms with van der Waals surface area (Å²) in [6.07, 6.45) is 2.05. The van der Waals surface area contributed by atoms with Crippen LogP contribution in [0.4, 0.5) is 5.69 Å². The number of benzene rings is 1. The molecule has 1 aromatic carbocycles. The van der Waals surface area contributed by atoms with Crippen LogP contribution in [-0.2, 0) is 4.79 Å². The van der Waals surface area contributed by atoms with Crippen LogP contribution in [0.2, 0.25) is 0 Å². The molecule has 0 amide bonds. The molecule has 0 spiro atoms. The van der Waals surface area contributed by atoms with Crippen LogP contribution in [0.1, 0.15) is 18.9 Å². The SMILES string of the molecule is CCC(=Cc1cccc([N+](=O)[O-])c1)C(=O)Cl. The summed E-state index contributed by atoms with van der Waals surface area (Å²) >= 11 is 5.36. The lowest BCUT2D eigenvalue weighted by Crippen LogP contribution is -1.92. The fraction of sp³-hybridized carbons (Fsp3) is 0.182. The van der Waals surface area contributed by atoms with Crippen molar-refractivity contribution < 1.29 is 9.72 Å². The van der Waals surface area contributed by atoms with Gasteiger partial charge in [-0.2, -0.15) is 0 Å². The van der Waals surface area contributed by atoms with Gasteiger partial charge >= 0.3 is 0 Å². The normalized spacial score (nSPS) is 11.2. The molecule has 5 heteroatoms. The van der Waals surface area contributed by atoms with E-state index in [1.54, 1.807) is 25.1 Å². The molecular weight excluding hydrogens is 230 g/mol. The summed E-state index contributed by atoms with van der Waals surface area (Å²) in [5.74, 6) is 0. The zero-order valence-electron chi connectivity index (χ0n) is 8.64. The first-order chi connectivity index (χ1) is 7.54. The van der Waals surface area contributed by atoms with Crippen LogP contribution >= 0.6 is 11.6 Å². The monoisotopic (exact) mass is 239 g/mol. The van der Waals surface area contributed by atoms with Gasteiger partial charge in [0, 0.05) is 17.7 Å². The Hall–Kier alpha value is -1.68. The van der Waals surface area contributed by atoms with Crippen molar-refractivity contribution in [3.8, 4) is 0 Å². The zero-order chi connectivity index (χ0) is 12.1.